The van der Waals surface area contributed by atoms with Gasteiger partial charge in [-0.3, -0.25) is 15.2 Å². The van der Waals surface area contributed by atoms with Crippen molar-refractivity contribution in [2.45, 2.75) is 39.5 Å². The molecular formula is C16H21N5O3S. The maximum absolute atomic E-state index is 11.2. The van der Waals surface area contributed by atoms with E-state index in [1.165, 1.54) is 12.3 Å². The van der Waals surface area contributed by atoms with E-state index in [-0.39, 0.29) is 11.4 Å². The van der Waals surface area contributed by atoms with Crippen molar-refractivity contribution >= 4 is 24.1 Å². The first-order chi connectivity index (χ1) is 12.1. The lowest BCUT2D eigenvalue weighted by molar-refractivity contribution is -0.385. The molecule has 0 saturated carbocycles. The van der Waals surface area contributed by atoms with E-state index in [0.29, 0.717) is 16.9 Å². The highest BCUT2D eigenvalue weighted by atomic mass is 32.1. The molecular weight excluding hydrogens is 342 g/mol. The Bertz CT molecular complexity index is 812. The number of rotatable bonds is 9. The summed E-state index contributed by atoms with van der Waals surface area (Å²) in [4.78, 5) is 10.8. The van der Waals surface area contributed by atoms with E-state index < -0.39 is 4.92 Å². The van der Waals surface area contributed by atoms with Crippen molar-refractivity contribution in [3.05, 3.63) is 44.5 Å². The summed E-state index contributed by atoms with van der Waals surface area (Å²) in [7, 11) is 0. The van der Waals surface area contributed by atoms with E-state index in [4.69, 9.17) is 17.0 Å². The number of nitrogens with zero attached hydrogens (tertiary/aromatic N) is 4. The van der Waals surface area contributed by atoms with Crippen molar-refractivity contribution in [2.75, 3.05) is 6.61 Å². The van der Waals surface area contributed by atoms with Gasteiger partial charge in [0.05, 0.1) is 17.7 Å². The normalized spacial score (nSPS) is 11.1. The van der Waals surface area contributed by atoms with Gasteiger partial charge in [0.1, 0.15) is 0 Å². The fraction of sp³-hybridized carbons (Fsp3) is 0.438. The van der Waals surface area contributed by atoms with E-state index in [0.717, 1.165) is 31.5 Å². The van der Waals surface area contributed by atoms with Crippen LogP contribution >= 0.6 is 12.2 Å². The summed E-state index contributed by atoms with van der Waals surface area (Å²) < 4.78 is 7.34. The van der Waals surface area contributed by atoms with Gasteiger partial charge in [-0.15, -0.1) is 0 Å². The molecule has 0 amide bonds. The zero-order valence-electron chi connectivity index (χ0n) is 14.3. The molecule has 1 N–H and O–H groups in total. The van der Waals surface area contributed by atoms with Gasteiger partial charge in [0.2, 0.25) is 4.77 Å². The Morgan fingerprint density at radius 3 is 2.92 bits per heavy atom. The summed E-state index contributed by atoms with van der Waals surface area (Å²) in [5, 5.41) is 22.4. The highest BCUT2D eigenvalue weighted by Gasteiger charge is 2.15. The standard InChI is InChI=1S/C16H21N5O3S/c1-3-5-6-15-18-19-16(25)20(15)17-11-12-7-8-14(24-9-4-2)13(10-12)21(22)23/h7-8,10-11H,3-6,9H2,1-2H3,(H,19,25)/b17-11-. The van der Waals surface area contributed by atoms with Crippen molar-refractivity contribution in [1.82, 2.24) is 14.9 Å². The van der Waals surface area contributed by atoms with Gasteiger partial charge < -0.3 is 4.74 Å². The number of nitrogens with one attached hydrogen (secondary N) is 1. The van der Waals surface area contributed by atoms with Crippen LogP contribution < -0.4 is 4.74 Å². The molecule has 0 aliphatic rings. The largest absolute Gasteiger partial charge is 0.487 e. The highest BCUT2D eigenvalue weighted by Crippen LogP contribution is 2.27. The lowest BCUT2D eigenvalue weighted by Crippen LogP contribution is -2.01. The molecule has 0 bridgehead atoms. The van der Waals surface area contributed by atoms with Gasteiger partial charge in [-0.1, -0.05) is 20.3 Å². The smallest absolute Gasteiger partial charge is 0.311 e. The molecule has 8 nitrogen and oxygen atoms in total. The first kappa shape index (κ1) is 18.8. The number of ether oxygens (including phenoxy) is 1. The van der Waals surface area contributed by atoms with Gasteiger partial charge in [0, 0.05) is 18.1 Å². The van der Waals surface area contributed by atoms with Gasteiger partial charge in [0.25, 0.3) is 0 Å². The lowest BCUT2D eigenvalue weighted by atomic mass is 10.2. The van der Waals surface area contributed by atoms with Crippen molar-refractivity contribution in [1.29, 1.82) is 0 Å². The summed E-state index contributed by atoms with van der Waals surface area (Å²) >= 11 is 5.18. The molecule has 0 aliphatic carbocycles. The van der Waals surface area contributed by atoms with Crippen LogP contribution in [0.2, 0.25) is 0 Å². The maximum atomic E-state index is 11.2. The van der Waals surface area contributed by atoms with Crippen LogP contribution in [0, 0.1) is 14.9 Å². The van der Waals surface area contributed by atoms with Crippen LogP contribution in [0.1, 0.15) is 44.5 Å². The van der Waals surface area contributed by atoms with Crippen LogP contribution in [0.3, 0.4) is 0 Å². The highest BCUT2D eigenvalue weighted by molar-refractivity contribution is 7.71. The molecule has 0 atom stereocenters. The van der Waals surface area contributed by atoms with Crippen molar-refractivity contribution in [3.63, 3.8) is 0 Å². The van der Waals surface area contributed by atoms with Crippen LogP contribution in [-0.2, 0) is 6.42 Å². The van der Waals surface area contributed by atoms with Gasteiger partial charge in [-0.2, -0.15) is 14.9 Å². The van der Waals surface area contributed by atoms with Crippen molar-refractivity contribution < 1.29 is 9.66 Å². The summed E-state index contributed by atoms with van der Waals surface area (Å²) in [5.41, 5.74) is 0.500. The first-order valence-electron chi connectivity index (χ1n) is 8.18. The number of aromatic nitrogens is 3. The Kier molecular flexibility index (Phi) is 6.81. The van der Waals surface area contributed by atoms with Gasteiger partial charge >= 0.3 is 5.69 Å². The minimum absolute atomic E-state index is 0.0839. The first-order valence-corrected chi connectivity index (χ1v) is 8.59. The Labute approximate surface area is 150 Å². The van der Waals surface area contributed by atoms with Crippen LogP contribution in [0.25, 0.3) is 0 Å². The van der Waals surface area contributed by atoms with Crippen LogP contribution in [0.5, 0.6) is 5.75 Å². The number of unbranched alkanes of at least 4 members (excludes halogenated alkanes) is 1. The number of nitro benzene ring substituents is 1. The topological polar surface area (TPSA) is 98.3 Å². The zero-order valence-corrected chi connectivity index (χ0v) is 15.1. The summed E-state index contributed by atoms with van der Waals surface area (Å²) in [6, 6.07) is 4.74. The number of aromatic amines is 1. The van der Waals surface area contributed by atoms with E-state index in [1.807, 2.05) is 6.92 Å². The van der Waals surface area contributed by atoms with E-state index >= 15 is 0 Å². The Balaban J connectivity index is 2.27. The second kappa shape index (κ2) is 9.07. The van der Waals surface area contributed by atoms with Crippen LogP contribution in [0.15, 0.2) is 23.3 Å². The number of hydrogen-bond acceptors (Lipinski definition) is 6. The third kappa shape index (κ3) is 4.96. The molecule has 0 aliphatic heterocycles. The monoisotopic (exact) mass is 363 g/mol. The Morgan fingerprint density at radius 1 is 1.44 bits per heavy atom. The number of benzene rings is 1. The quantitative estimate of drug-likeness (QED) is 0.316. The number of hydrogen-bond donors (Lipinski definition) is 1. The third-order valence-electron chi connectivity index (χ3n) is 3.44. The number of H-pyrrole nitrogens is 1. The zero-order chi connectivity index (χ0) is 18.2. The predicted octanol–water partition coefficient (Wildman–Crippen LogP) is 3.86. The molecule has 0 spiro atoms. The number of nitro groups is 1. The molecule has 2 rings (SSSR count). The van der Waals surface area contributed by atoms with Crippen LogP contribution in [-0.4, -0.2) is 32.6 Å². The van der Waals surface area contributed by atoms with Crippen LogP contribution in [0.4, 0.5) is 5.69 Å². The molecule has 134 valence electrons. The van der Waals surface area contributed by atoms with Crippen molar-refractivity contribution in [3.8, 4) is 5.75 Å². The third-order valence-corrected chi connectivity index (χ3v) is 3.70. The summed E-state index contributed by atoms with van der Waals surface area (Å²) in [5.74, 6) is 0.994. The molecule has 1 aromatic carbocycles. The second-order valence-electron chi connectivity index (χ2n) is 5.44. The van der Waals surface area contributed by atoms with E-state index in [9.17, 15) is 10.1 Å². The minimum atomic E-state index is -0.460. The second-order valence-corrected chi connectivity index (χ2v) is 5.82. The average molecular weight is 363 g/mol. The molecule has 1 heterocycles. The van der Waals surface area contributed by atoms with Gasteiger partial charge in [-0.05, 0) is 37.2 Å². The molecule has 9 heteroatoms. The van der Waals surface area contributed by atoms with Gasteiger partial charge in [-0.25, -0.2) is 0 Å². The molecule has 0 saturated heterocycles. The average Bonchev–Trinajstić information content (AvgIpc) is 2.96. The van der Waals surface area contributed by atoms with E-state index in [1.54, 1.807) is 16.8 Å². The maximum Gasteiger partial charge on any atom is 0.311 e. The summed E-state index contributed by atoms with van der Waals surface area (Å²) in [6.07, 6.45) is 5.07. The Morgan fingerprint density at radius 2 is 2.24 bits per heavy atom. The fourth-order valence-electron chi connectivity index (χ4n) is 2.16. The molecule has 0 unspecified atom stereocenters. The Hall–Kier alpha value is -2.55. The molecule has 0 fully saturated rings. The van der Waals surface area contributed by atoms with Crippen molar-refractivity contribution in [2.24, 2.45) is 5.10 Å². The lowest BCUT2D eigenvalue weighted by Gasteiger charge is -2.05. The fourth-order valence-corrected chi connectivity index (χ4v) is 2.35. The molecule has 2 aromatic rings. The minimum Gasteiger partial charge on any atom is -0.487 e. The van der Waals surface area contributed by atoms with Gasteiger partial charge in [0.15, 0.2) is 11.6 Å². The molecule has 1 aromatic heterocycles. The van der Waals surface area contributed by atoms with E-state index in [2.05, 4.69) is 22.2 Å². The molecule has 25 heavy (non-hydrogen) atoms. The summed E-state index contributed by atoms with van der Waals surface area (Å²) in [6.45, 7) is 4.47. The molecule has 0 radical (unpaired) electrons. The number of aryl methyl sites for hydroxylation is 1. The SMILES string of the molecule is CCCCc1n[nH]c(=S)n1/N=C\c1ccc(OCCC)c([N+](=O)[O-])c1. The predicted molar refractivity (Wildman–Crippen MR) is 97.9 cm³/mol.